The smallest absolute Gasteiger partial charge is 0.326 e. The summed E-state index contributed by atoms with van der Waals surface area (Å²) < 4.78 is 0. The third-order valence-corrected chi connectivity index (χ3v) is 3.45. The van der Waals surface area contributed by atoms with E-state index < -0.39 is 55.0 Å². The number of nitrogens with two attached hydrogens (primary N) is 1. The van der Waals surface area contributed by atoms with E-state index in [2.05, 4.69) is 16.0 Å². The second-order valence-corrected chi connectivity index (χ2v) is 5.52. The number of carboxylic acids is 1. The Morgan fingerprint density at radius 2 is 1.67 bits per heavy atom. The van der Waals surface area contributed by atoms with Crippen LogP contribution in [0.15, 0.2) is 0 Å². The Morgan fingerprint density at radius 1 is 1.08 bits per heavy atom. The van der Waals surface area contributed by atoms with Crippen LogP contribution in [0.3, 0.4) is 0 Å². The number of carbonyl (C=O) groups excluding carboxylic acids is 3. The minimum Gasteiger partial charge on any atom is -0.480 e. The molecule has 0 aliphatic rings. The Labute approximate surface area is 140 Å². The van der Waals surface area contributed by atoms with E-state index in [0.717, 1.165) is 0 Å². The van der Waals surface area contributed by atoms with Crippen molar-refractivity contribution < 1.29 is 29.4 Å². The fourth-order valence-electron chi connectivity index (χ4n) is 1.70. The number of rotatable bonds is 10. The van der Waals surface area contributed by atoms with Crippen LogP contribution in [0.25, 0.3) is 0 Å². The molecule has 0 spiro atoms. The van der Waals surface area contributed by atoms with Gasteiger partial charge in [0.25, 0.3) is 0 Å². The lowest BCUT2D eigenvalue weighted by molar-refractivity contribution is -0.144. The second kappa shape index (κ2) is 10.6. The van der Waals surface area contributed by atoms with Crippen LogP contribution >= 0.6 is 0 Å². The number of aliphatic carboxylic acids is 1. The summed E-state index contributed by atoms with van der Waals surface area (Å²) in [6, 6.07) is -3.25. The van der Waals surface area contributed by atoms with Crippen molar-refractivity contribution in [3.05, 3.63) is 0 Å². The van der Waals surface area contributed by atoms with Crippen LogP contribution in [0, 0.1) is 5.92 Å². The molecule has 24 heavy (non-hydrogen) atoms. The van der Waals surface area contributed by atoms with Gasteiger partial charge in [-0.3, -0.25) is 14.4 Å². The minimum atomic E-state index is -1.32. The standard InChI is InChI=1S/C14H26N4O6/c1-4-7(2)11(14(23)24)18-13(22)9(6-19)17-10(20)5-16-12(21)8(3)15/h7-9,11,19H,4-6,15H2,1-3H3,(H,16,21)(H,17,20)(H,18,22)(H,23,24)/t7-,8-,9-,11-/m0/s1. The van der Waals surface area contributed by atoms with Gasteiger partial charge >= 0.3 is 5.97 Å². The van der Waals surface area contributed by atoms with Gasteiger partial charge in [-0.15, -0.1) is 0 Å². The Balaban J connectivity index is 4.66. The molecule has 7 N–H and O–H groups in total. The van der Waals surface area contributed by atoms with Crippen LogP contribution in [0.2, 0.25) is 0 Å². The van der Waals surface area contributed by atoms with Crippen molar-refractivity contribution in [2.75, 3.05) is 13.2 Å². The third kappa shape index (κ3) is 7.38. The van der Waals surface area contributed by atoms with Crippen molar-refractivity contribution in [1.29, 1.82) is 0 Å². The number of hydrogen-bond donors (Lipinski definition) is 6. The molecule has 0 aliphatic heterocycles. The van der Waals surface area contributed by atoms with Gasteiger partial charge in [0, 0.05) is 0 Å². The van der Waals surface area contributed by atoms with Crippen LogP contribution in [-0.4, -0.2) is 65.2 Å². The summed E-state index contributed by atoms with van der Waals surface area (Å²) in [5, 5.41) is 25.1. The van der Waals surface area contributed by atoms with Crippen LogP contribution in [0.1, 0.15) is 27.2 Å². The maximum Gasteiger partial charge on any atom is 0.326 e. The highest BCUT2D eigenvalue weighted by atomic mass is 16.4. The van der Waals surface area contributed by atoms with E-state index in [9.17, 15) is 24.3 Å². The fourth-order valence-corrected chi connectivity index (χ4v) is 1.70. The lowest BCUT2D eigenvalue weighted by atomic mass is 9.99. The Kier molecular flexibility index (Phi) is 9.58. The largest absolute Gasteiger partial charge is 0.480 e. The molecule has 10 heteroatoms. The first kappa shape index (κ1) is 21.8. The van der Waals surface area contributed by atoms with Gasteiger partial charge in [0.2, 0.25) is 17.7 Å². The molecule has 3 amide bonds. The molecular formula is C14H26N4O6. The number of hydrogen-bond acceptors (Lipinski definition) is 6. The summed E-state index contributed by atoms with van der Waals surface area (Å²) >= 11 is 0. The van der Waals surface area contributed by atoms with Crippen molar-refractivity contribution >= 4 is 23.7 Å². The van der Waals surface area contributed by atoms with E-state index in [0.29, 0.717) is 6.42 Å². The maximum atomic E-state index is 12.0. The number of aliphatic hydroxyl groups is 1. The van der Waals surface area contributed by atoms with Gasteiger partial charge in [-0.05, 0) is 12.8 Å². The third-order valence-electron chi connectivity index (χ3n) is 3.45. The normalized spacial score (nSPS) is 15.5. The van der Waals surface area contributed by atoms with Crippen molar-refractivity contribution in [3.63, 3.8) is 0 Å². The zero-order valence-electron chi connectivity index (χ0n) is 14.0. The molecule has 0 radical (unpaired) electrons. The summed E-state index contributed by atoms with van der Waals surface area (Å²) in [4.78, 5) is 46.2. The molecule has 0 fully saturated rings. The Morgan fingerprint density at radius 3 is 2.08 bits per heavy atom. The Hall–Kier alpha value is -2.20. The highest BCUT2D eigenvalue weighted by Crippen LogP contribution is 2.08. The molecule has 0 heterocycles. The summed E-state index contributed by atoms with van der Waals surface area (Å²) in [6.07, 6.45) is 0.525. The monoisotopic (exact) mass is 346 g/mol. The van der Waals surface area contributed by atoms with Gasteiger partial charge in [0.1, 0.15) is 12.1 Å². The number of carbonyl (C=O) groups is 4. The van der Waals surface area contributed by atoms with E-state index in [1.54, 1.807) is 13.8 Å². The number of amides is 3. The van der Waals surface area contributed by atoms with Crippen LogP contribution in [0.4, 0.5) is 0 Å². The quantitative estimate of drug-likeness (QED) is 0.255. The summed E-state index contributed by atoms with van der Waals surface area (Å²) in [5.41, 5.74) is 5.32. The van der Waals surface area contributed by atoms with E-state index in [4.69, 9.17) is 10.8 Å². The molecule has 0 rings (SSSR count). The summed E-state index contributed by atoms with van der Waals surface area (Å²) in [5.74, 6) is -3.61. The number of aliphatic hydroxyl groups excluding tert-OH is 1. The summed E-state index contributed by atoms with van der Waals surface area (Å²) in [6.45, 7) is 3.75. The average molecular weight is 346 g/mol. The first-order chi connectivity index (χ1) is 11.1. The minimum absolute atomic E-state index is 0.327. The summed E-state index contributed by atoms with van der Waals surface area (Å²) in [7, 11) is 0. The number of nitrogens with one attached hydrogen (secondary N) is 3. The zero-order valence-corrected chi connectivity index (χ0v) is 14.0. The fraction of sp³-hybridized carbons (Fsp3) is 0.714. The zero-order chi connectivity index (χ0) is 18.9. The average Bonchev–Trinajstić information content (AvgIpc) is 2.53. The van der Waals surface area contributed by atoms with Crippen molar-refractivity contribution in [2.24, 2.45) is 11.7 Å². The molecule has 0 aromatic heterocycles. The van der Waals surface area contributed by atoms with Crippen LogP contribution in [-0.2, 0) is 19.2 Å². The molecule has 0 bridgehead atoms. The highest BCUT2D eigenvalue weighted by Gasteiger charge is 2.29. The van der Waals surface area contributed by atoms with Gasteiger partial charge in [-0.1, -0.05) is 20.3 Å². The molecule has 0 aliphatic carbocycles. The molecule has 0 aromatic rings. The second-order valence-electron chi connectivity index (χ2n) is 5.52. The van der Waals surface area contributed by atoms with Gasteiger partial charge in [-0.2, -0.15) is 0 Å². The SMILES string of the molecule is CC[C@H](C)[C@H](NC(=O)[C@H](CO)NC(=O)CNC(=O)[C@H](C)N)C(=O)O. The van der Waals surface area contributed by atoms with Crippen LogP contribution in [0.5, 0.6) is 0 Å². The van der Waals surface area contributed by atoms with E-state index >= 15 is 0 Å². The number of carboxylic acid groups (broad SMARTS) is 1. The van der Waals surface area contributed by atoms with Gasteiger partial charge in [0.15, 0.2) is 0 Å². The molecule has 0 saturated heterocycles. The van der Waals surface area contributed by atoms with E-state index in [-0.39, 0.29) is 5.92 Å². The molecule has 138 valence electrons. The van der Waals surface area contributed by atoms with Gasteiger partial charge in [0.05, 0.1) is 19.2 Å². The van der Waals surface area contributed by atoms with Crippen molar-refractivity contribution in [3.8, 4) is 0 Å². The molecule has 0 saturated carbocycles. The van der Waals surface area contributed by atoms with Gasteiger partial charge < -0.3 is 31.9 Å². The van der Waals surface area contributed by atoms with Crippen LogP contribution < -0.4 is 21.7 Å². The first-order valence-electron chi connectivity index (χ1n) is 7.60. The molecule has 0 unspecified atom stereocenters. The topological polar surface area (TPSA) is 171 Å². The van der Waals surface area contributed by atoms with E-state index in [1.807, 2.05) is 0 Å². The van der Waals surface area contributed by atoms with Crippen molar-refractivity contribution in [2.45, 2.75) is 45.3 Å². The molecule has 4 atom stereocenters. The highest BCUT2D eigenvalue weighted by molar-refractivity contribution is 5.92. The maximum absolute atomic E-state index is 12.0. The molecular weight excluding hydrogens is 320 g/mol. The lowest BCUT2D eigenvalue weighted by Crippen LogP contribution is -2.56. The predicted molar refractivity (Wildman–Crippen MR) is 84.7 cm³/mol. The predicted octanol–water partition coefficient (Wildman–Crippen LogP) is -2.46. The molecule has 10 nitrogen and oxygen atoms in total. The Bertz CT molecular complexity index is 468. The van der Waals surface area contributed by atoms with Gasteiger partial charge in [-0.25, -0.2) is 4.79 Å². The van der Waals surface area contributed by atoms with Crippen molar-refractivity contribution in [1.82, 2.24) is 16.0 Å². The lowest BCUT2D eigenvalue weighted by Gasteiger charge is -2.23. The molecule has 0 aromatic carbocycles. The first-order valence-corrected chi connectivity index (χ1v) is 7.60. The van der Waals surface area contributed by atoms with E-state index in [1.165, 1.54) is 6.92 Å².